The Morgan fingerprint density at radius 2 is 2.33 bits per heavy atom. The van der Waals surface area contributed by atoms with Crippen molar-refractivity contribution in [2.45, 2.75) is 25.2 Å². The summed E-state index contributed by atoms with van der Waals surface area (Å²) < 4.78 is 0. The van der Waals surface area contributed by atoms with Crippen LogP contribution in [-0.2, 0) is 0 Å². The molecule has 0 unspecified atom stereocenters. The van der Waals surface area contributed by atoms with E-state index >= 15 is 0 Å². The van der Waals surface area contributed by atoms with E-state index < -0.39 is 0 Å². The molecule has 4 heteroatoms. The molecule has 3 nitrogen and oxygen atoms in total. The fourth-order valence-electron chi connectivity index (χ4n) is 1.12. The van der Waals surface area contributed by atoms with Gasteiger partial charge in [0.1, 0.15) is 5.84 Å². The molecule has 1 aromatic rings. The van der Waals surface area contributed by atoms with E-state index in [-0.39, 0.29) is 5.84 Å². The molecule has 0 fully saturated rings. The van der Waals surface area contributed by atoms with Crippen LogP contribution < -0.4 is 5.73 Å². The molecule has 0 saturated heterocycles. The summed E-state index contributed by atoms with van der Waals surface area (Å²) in [6, 6.07) is 1.79. The van der Waals surface area contributed by atoms with Gasteiger partial charge < -0.3 is 5.73 Å². The van der Waals surface area contributed by atoms with Crippen molar-refractivity contribution >= 4 is 17.6 Å². The van der Waals surface area contributed by atoms with Gasteiger partial charge in [-0.1, -0.05) is 13.8 Å². The molecule has 0 amide bonds. The van der Waals surface area contributed by atoms with Crippen LogP contribution in [0.4, 0.5) is 0 Å². The Balaban J connectivity index is 2.63. The van der Waals surface area contributed by atoms with Crippen molar-refractivity contribution in [1.82, 2.24) is 4.98 Å². The van der Waals surface area contributed by atoms with Crippen molar-refractivity contribution in [1.29, 1.82) is 5.41 Å². The predicted octanol–water partition coefficient (Wildman–Crippen LogP) is 2.50. The molecule has 0 aliphatic carbocycles. The number of nitrogen functional groups attached to an aromatic ring is 1. The molecule has 15 heavy (non-hydrogen) atoms. The third kappa shape index (κ3) is 3.91. The summed E-state index contributed by atoms with van der Waals surface area (Å²) in [5, 5.41) is 7.43. The summed E-state index contributed by atoms with van der Waals surface area (Å²) in [7, 11) is 0. The zero-order valence-corrected chi connectivity index (χ0v) is 9.97. The third-order valence-corrected chi connectivity index (χ3v) is 3.10. The standard InChI is InChI=1S/C11H17N3S/c1-8(2)4-6-15-10-7-14-5-3-9(10)11(12)13/h3,5,7-8H,4,6H2,1-2H3,(H3,12,13). The zero-order chi connectivity index (χ0) is 11.3. The van der Waals surface area contributed by atoms with E-state index in [2.05, 4.69) is 18.8 Å². The summed E-state index contributed by atoms with van der Waals surface area (Å²) in [4.78, 5) is 5.06. The highest BCUT2D eigenvalue weighted by molar-refractivity contribution is 7.99. The molecular formula is C11H17N3S. The van der Waals surface area contributed by atoms with Gasteiger partial charge in [0.15, 0.2) is 0 Å². The Morgan fingerprint density at radius 1 is 1.60 bits per heavy atom. The van der Waals surface area contributed by atoms with E-state index in [0.717, 1.165) is 22.6 Å². The average Bonchev–Trinajstić information content (AvgIpc) is 2.17. The Hall–Kier alpha value is -1.03. The Bertz CT molecular complexity index is 336. The predicted molar refractivity (Wildman–Crippen MR) is 65.4 cm³/mol. The van der Waals surface area contributed by atoms with Crippen LogP contribution in [0.3, 0.4) is 0 Å². The quantitative estimate of drug-likeness (QED) is 0.458. The SMILES string of the molecule is CC(C)CCSc1cnccc1C(=N)N. The van der Waals surface area contributed by atoms with Crippen LogP contribution in [0, 0.1) is 11.3 Å². The maximum atomic E-state index is 7.43. The second kappa shape index (κ2) is 5.75. The first-order chi connectivity index (χ1) is 7.11. The second-order valence-electron chi connectivity index (χ2n) is 3.82. The van der Waals surface area contributed by atoms with E-state index in [4.69, 9.17) is 11.1 Å². The van der Waals surface area contributed by atoms with Gasteiger partial charge in [-0.15, -0.1) is 11.8 Å². The minimum atomic E-state index is 0.115. The maximum Gasteiger partial charge on any atom is 0.124 e. The molecule has 0 atom stereocenters. The van der Waals surface area contributed by atoms with Crippen LogP contribution in [0.2, 0.25) is 0 Å². The van der Waals surface area contributed by atoms with Crippen molar-refractivity contribution < 1.29 is 0 Å². The van der Waals surface area contributed by atoms with Crippen molar-refractivity contribution in [2.24, 2.45) is 11.7 Å². The molecule has 1 rings (SSSR count). The van der Waals surface area contributed by atoms with Gasteiger partial charge in [-0.05, 0) is 24.2 Å². The molecule has 1 heterocycles. The Morgan fingerprint density at radius 3 is 2.93 bits per heavy atom. The van der Waals surface area contributed by atoms with E-state index in [1.54, 1.807) is 30.2 Å². The highest BCUT2D eigenvalue weighted by Gasteiger charge is 2.05. The Labute approximate surface area is 95.0 Å². The molecule has 0 aromatic carbocycles. The smallest absolute Gasteiger partial charge is 0.124 e. The summed E-state index contributed by atoms with van der Waals surface area (Å²) in [5.74, 6) is 1.86. The molecule has 0 aliphatic heterocycles. The summed E-state index contributed by atoms with van der Waals surface area (Å²) in [6.45, 7) is 4.41. The van der Waals surface area contributed by atoms with E-state index in [1.165, 1.54) is 0 Å². The van der Waals surface area contributed by atoms with Crippen LogP contribution >= 0.6 is 11.8 Å². The molecule has 0 bridgehead atoms. The van der Waals surface area contributed by atoms with Gasteiger partial charge in [-0.25, -0.2) is 0 Å². The van der Waals surface area contributed by atoms with Gasteiger partial charge in [0.2, 0.25) is 0 Å². The van der Waals surface area contributed by atoms with Crippen LogP contribution in [-0.4, -0.2) is 16.6 Å². The Kier molecular flexibility index (Phi) is 4.62. The van der Waals surface area contributed by atoms with Crippen molar-refractivity contribution in [2.75, 3.05) is 5.75 Å². The van der Waals surface area contributed by atoms with Gasteiger partial charge in [0.25, 0.3) is 0 Å². The number of hydrogen-bond donors (Lipinski definition) is 2. The number of nitrogens with two attached hydrogens (primary N) is 1. The monoisotopic (exact) mass is 223 g/mol. The molecule has 0 radical (unpaired) electrons. The zero-order valence-electron chi connectivity index (χ0n) is 9.16. The first kappa shape index (κ1) is 12.0. The average molecular weight is 223 g/mol. The number of hydrogen-bond acceptors (Lipinski definition) is 3. The second-order valence-corrected chi connectivity index (χ2v) is 4.95. The van der Waals surface area contributed by atoms with E-state index in [0.29, 0.717) is 5.92 Å². The molecule has 0 spiro atoms. The molecule has 1 aromatic heterocycles. The van der Waals surface area contributed by atoms with Gasteiger partial charge >= 0.3 is 0 Å². The molecule has 82 valence electrons. The third-order valence-electron chi connectivity index (χ3n) is 2.03. The number of amidine groups is 1. The van der Waals surface area contributed by atoms with Crippen LogP contribution in [0.25, 0.3) is 0 Å². The minimum absolute atomic E-state index is 0.115. The topological polar surface area (TPSA) is 62.8 Å². The number of thioether (sulfide) groups is 1. The van der Waals surface area contributed by atoms with Crippen molar-refractivity contribution in [3.8, 4) is 0 Å². The van der Waals surface area contributed by atoms with E-state index in [9.17, 15) is 0 Å². The summed E-state index contributed by atoms with van der Waals surface area (Å²) >= 11 is 1.72. The highest BCUT2D eigenvalue weighted by Crippen LogP contribution is 2.23. The van der Waals surface area contributed by atoms with Crippen molar-refractivity contribution in [3.05, 3.63) is 24.0 Å². The highest BCUT2D eigenvalue weighted by atomic mass is 32.2. The van der Waals surface area contributed by atoms with E-state index in [1.807, 2.05) is 0 Å². The largest absolute Gasteiger partial charge is 0.384 e. The van der Waals surface area contributed by atoms with Crippen LogP contribution in [0.5, 0.6) is 0 Å². The fourth-order valence-corrected chi connectivity index (χ4v) is 2.40. The van der Waals surface area contributed by atoms with Gasteiger partial charge in [-0.2, -0.15) is 0 Å². The van der Waals surface area contributed by atoms with Gasteiger partial charge in [0.05, 0.1) is 0 Å². The first-order valence-electron chi connectivity index (χ1n) is 5.02. The number of rotatable bonds is 5. The minimum Gasteiger partial charge on any atom is -0.384 e. The van der Waals surface area contributed by atoms with Crippen LogP contribution in [0.1, 0.15) is 25.8 Å². The lowest BCUT2D eigenvalue weighted by molar-refractivity contribution is 0.632. The molecule has 3 N–H and O–H groups in total. The normalized spacial score (nSPS) is 10.6. The molecule has 0 aliphatic rings. The number of pyridine rings is 1. The molecule has 0 saturated carbocycles. The number of nitrogens with one attached hydrogen (secondary N) is 1. The maximum absolute atomic E-state index is 7.43. The van der Waals surface area contributed by atoms with Crippen molar-refractivity contribution in [3.63, 3.8) is 0 Å². The summed E-state index contributed by atoms with van der Waals surface area (Å²) in [5.41, 5.74) is 6.28. The number of aromatic nitrogens is 1. The van der Waals surface area contributed by atoms with Gasteiger partial charge in [0, 0.05) is 22.9 Å². The molecular weight excluding hydrogens is 206 g/mol. The number of nitrogens with zero attached hydrogens (tertiary/aromatic N) is 1. The first-order valence-corrected chi connectivity index (χ1v) is 6.01. The lowest BCUT2D eigenvalue weighted by Crippen LogP contribution is -2.12. The van der Waals surface area contributed by atoms with Gasteiger partial charge in [-0.3, -0.25) is 10.4 Å². The summed E-state index contributed by atoms with van der Waals surface area (Å²) in [6.07, 6.45) is 4.61. The lowest BCUT2D eigenvalue weighted by atomic mass is 10.2. The van der Waals surface area contributed by atoms with Crippen LogP contribution in [0.15, 0.2) is 23.4 Å². The lowest BCUT2D eigenvalue weighted by Gasteiger charge is -2.07. The fraction of sp³-hybridized carbons (Fsp3) is 0.455.